The summed E-state index contributed by atoms with van der Waals surface area (Å²) in [4.78, 5) is 84.9. The third kappa shape index (κ3) is 19.0. The quantitative estimate of drug-likeness (QED) is 0.0239. The first-order chi connectivity index (χ1) is 41.4. The molecule has 476 valence electrons. The van der Waals surface area contributed by atoms with Gasteiger partial charge in [-0.25, -0.2) is 41.7 Å². The van der Waals surface area contributed by atoms with Gasteiger partial charge in [-0.3, -0.25) is 19.4 Å². The molecule has 24 nitrogen and oxygen atoms in total. The number of aromatic nitrogens is 3. The number of nitrogens with one attached hydrogen (secondary N) is 2. The van der Waals surface area contributed by atoms with Crippen LogP contribution in [0.3, 0.4) is 0 Å². The number of likely N-dealkylation sites (N-methyl/N-ethyl adjacent to an activating group) is 1. The van der Waals surface area contributed by atoms with Crippen molar-refractivity contribution in [3.8, 4) is 28.5 Å². The van der Waals surface area contributed by atoms with Crippen LogP contribution in [-0.2, 0) is 44.1 Å². The Hall–Kier alpha value is -7.60. The topological polar surface area (TPSA) is 333 Å². The fraction of sp³-hybridized carbons (Fsp3) is 0.450. The largest absolute Gasteiger partial charge is 0.507 e. The Morgan fingerprint density at radius 1 is 0.898 bits per heavy atom. The summed E-state index contributed by atoms with van der Waals surface area (Å²) >= 11 is 2.58. The molecule has 88 heavy (non-hydrogen) atoms. The maximum Gasteiger partial charge on any atom is 0.415 e. The lowest BCUT2D eigenvalue weighted by Crippen LogP contribution is -2.43. The van der Waals surface area contributed by atoms with Gasteiger partial charge >= 0.3 is 12.1 Å². The average Bonchev–Trinajstić information content (AvgIpc) is 1.15. The number of rotatable bonds is 31. The van der Waals surface area contributed by atoms with Crippen LogP contribution in [0.15, 0.2) is 53.5 Å². The Balaban J connectivity index is 0.935. The molecule has 0 bridgehead atoms. The minimum Gasteiger partial charge on any atom is -0.507 e. The number of thiazole rings is 1. The third-order valence-electron chi connectivity index (χ3n) is 14.2. The Morgan fingerprint density at radius 3 is 2.22 bits per heavy atom. The van der Waals surface area contributed by atoms with Crippen molar-refractivity contribution >= 4 is 103 Å². The van der Waals surface area contributed by atoms with E-state index in [9.17, 15) is 62.3 Å². The SMILES string of the molecule is C=c1c(C)c(O)c(=C)c(C(C)(C)CC(=O)N(C)CCN(CCOCCOCCC(=O)NCCNC(=O)C[C@H](O)C[C@H](O)C=Cc2c(-c3ccc(F)cc3)nc(N(C)S(C)(=O)=O)nc2C(C)C)C(=O)Oc2ccc3nc(C4=NC(C(=O)O)CS4)sc3c2)c1O. The summed E-state index contributed by atoms with van der Waals surface area (Å²) in [6.45, 7) is 17.2. The summed E-state index contributed by atoms with van der Waals surface area (Å²) in [5.41, 5.74) is 1.93. The summed E-state index contributed by atoms with van der Waals surface area (Å²) in [6.07, 6.45) is 0.0604. The third-order valence-corrected chi connectivity index (χ3v) is 17.6. The molecule has 7 N–H and O–H groups in total. The fourth-order valence-electron chi connectivity index (χ4n) is 9.11. The van der Waals surface area contributed by atoms with Gasteiger partial charge in [-0.15, -0.1) is 23.1 Å². The zero-order valence-electron chi connectivity index (χ0n) is 50.4. The monoisotopic (exact) mass is 1280 g/mol. The number of sulfonamides is 1. The van der Waals surface area contributed by atoms with E-state index in [0.29, 0.717) is 54.0 Å². The number of aliphatic hydroxyl groups excluding tert-OH is 2. The maximum absolute atomic E-state index is 13.9. The Morgan fingerprint density at radius 2 is 1.57 bits per heavy atom. The predicted octanol–water partition coefficient (Wildman–Crippen LogP) is 4.40. The predicted molar refractivity (Wildman–Crippen MR) is 335 cm³/mol. The van der Waals surface area contributed by atoms with Crippen LogP contribution in [0.25, 0.3) is 40.7 Å². The Labute approximate surface area is 517 Å². The summed E-state index contributed by atoms with van der Waals surface area (Å²) in [5.74, 6) is -2.82. The number of aliphatic imine (C=N–C) groups is 1. The van der Waals surface area contributed by atoms with Crippen molar-refractivity contribution < 1.29 is 76.5 Å². The highest BCUT2D eigenvalue weighted by atomic mass is 32.2. The highest BCUT2D eigenvalue weighted by Gasteiger charge is 2.32. The highest BCUT2D eigenvalue weighted by molar-refractivity contribution is 8.15. The van der Waals surface area contributed by atoms with Crippen LogP contribution in [0.2, 0.25) is 0 Å². The van der Waals surface area contributed by atoms with E-state index in [1.807, 2.05) is 13.8 Å². The number of carboxylic acid groups (broad SMARTS) is 1. The van der Waals surface area contributed by atoms with Crippen LogP contribution in [0.1, 0.15) is 86.7 Å². The first-order valence-electron chi connectivity index (χ1n) is 28.1. The van der Waals surface area contributed by atoms with E-state index in [1.165, 1.54) is 70.3 Å². The molecule has 0 saturated heterocycles. The second kappa shape index (κ2) is 31.0. The molecule has 0 aliphatic carbocycles. The first kappa shape index (κ1) is 69.5. The number of aromatic hydroxyl groups is 2. The number of halogens is 1. The number of carbonyl (C=O) groups excluding carboxylic acids is 4. The zero-order valence-corrected chi connectivity index (χ0v) is 52.8. The summed E-state index contributed by atoms with van der Waals surface area (Å²) < 4.78 is 57.5. The van der Waals surface area contributed by atoms with Crippen LogP contribution >= 0.6 is 23.1 Å². The fourth-order valence-corrected chi connectivity index (χ4v) is 11.6. The molecule has 6 rings (SSSR count). The normalized spacial score (nSPS) is 14.2. The molecule has 0 fully saturated rings. The van der Waals surface area contributed by atoms with Gasteiger partial charge in [0, 0.05) is 116 Å². The van der Waals surface area contributed by atoms with Gasteiger partial charge in [0.25, 0.3) is 0 Å². The van der Waals surface area contributed by atoms with Crippen molar-refractivity contribution in [1.29, 1.82) is 0 Å². The van der Waals surface area contributed by atoms with Gasteiger partial charge < -0.3 is 60.2 Å². The molecule has 0 radical (unpaired) electrons. The lowest BCUT2D eigenvalue weighted by Gasteiger charge is -2.30. The van der Waals surface area contributed by atoms with Gasteiger partial charge in [0.2, 0.25) is 33.7 Å². The molecule has 1 aliphatic rings. The molecule has 1 unspecified atom stereocenters. The molecule has 3 atom stereocenters. The van der Waals surface area contributed by atoms with Crippen LogP contribution in [-0.4, -0.2) is 197 Å². The van der Waals surface area contributed by atoms with Crippen molar-refractivity contribution in [1.82, 2.24) is 35.4 Å². The number of nitrogens with zero attached hydrogens (tertiary/aromatic N) is 7. The smallest absolute Gasteiger partial charge is 0.415 e. The average molecular weight is 1280 g/mol. The number of hydrogen-bond donors (Lipinski definition) is 7. The molecule has 4 amide bonds. The number of ether oxygens (including phenoxy) is 3. The van der Waals surface area contributed by atoms with E-state index < -0.39 is 57.5 Å². The van der Waals surface area contributed by atoms with E-state index in [2.05, 4.69) is 43.7 Å². The number of fused-ring (bicyclic) bond motifs is 1. The number of aliphatic hydroxyl groups is 2. The number of aliphatic carboxylic acids is 1. The first-order valence-corrected chi connectivity index (χ1v) is 31.7. The Kier molecular flexibility index (Phi) is 24.5. The number of phenols is 2. The molecule has 3 heterocycles. The number of hydrogen-bond acceptors (Lipinski definition) is 20. The van der Waals surface area contributed by atoms with E-state index in [1.54, 1.807) is 52.1 Å². The summed E-state index contributed by atoms with van der Waals surface area (Å²) in [6, 6.07) is 9.48. The number of carboxylic acids is 1. The number of anilines is 1. The van der Waals surface area contributed by atoms with Crippen molar-refractivity contribution in [2.75, 3.05) is 89.6 Å². The van der Waals surface area contributed by atoms with Gasteiger partial charge in [-0.2, -0.15) is 0 Å². The molecule has 0 saturated carbocycles. The summed E-state index contributed by atoms with van der Waals surface area (Å²) in [7, 11) is -0.851. The number of thioether (sulfide) groups is 1. The minimum absolute atomic E-state index is 0.00529. The van der Waals surface area contributed by atoms with E-state index >= 15 is 0 Å². The molecule has 1 aliphatic heterocycles. The van der Waals surface area contributed by atoms with Crippen molar-refractivity contribution in [3.05, 3.63) is 92.2 Å². The molecule has 0 spiro atoms. The minimum atomic E-state index is -3.74. The molecule has 2 aromatic heterocycles. The highest BCUT2D eigenvalue weighted by Crippen LogP contribution is 2.35. The second-order valence-electron chi connectivity index (χ2n) is 21.9. The van der Waals surface area contributed by atoms with Gasteiger partial charge in [-0.1, -0.05) is 53.0 Å². The van der Waals surface area contributed by atoms with E-state index in [4.69, 9.17) is 14.2 Å². The van der Waals surface area contributed by atoms with Gasteiger partial charge in [0.1, 0.15) is 33.1 Å². The number of carbonyl (C=O) groups is 5. The maximum atomic E-state index is 13.9. The number of benzene rings is 3. The molecular weight excluding hydrogens is 1200 g/mol. The second-order valence-corrected chi connectivity index (χ2v) is 25.9. The van der Waals surface area contributed by atoms with Crippen molar-refractivity contribution in [2.24, 2.45) is 4.99 Å². The number of phenolic OH excluding ortho intramolecular Hbond substituents is 2. The van der Waals surface area contributed by atoms with Crippen LogP contribution < -0.4 is 30.1 Å². The Bertz CT molecular complexity index is 3640. The molecule has 3 aromatic carbocycles. The van der Waals surface area contributed by atoms with Crippen molar-refractivity contribution in [2.45, 2.75) is 89.9 Å². The zero-order chi connectivity index (χ0) is 64.8. The van der Waals surface area contributed by atoms with E-state index in [0.717, 1.165) is 10.6 Å². The van der Waals surface area contributed by atoms with Gasteiger partial charge in [0.15, 0.2) is 6.04 Å². The lowest BCUT2D eigenvalue weighted by atomic mass is 9.78. The van der Waals surface area contributed by atoms with Crippen molar-refractivity contribution in [3.63, 3.8) is 0 Å². The van der Waals surface area contributed by atoms with Crippen LogP contribution in [0, 0.1) is 12.7 Å². The molecular formula is C60H76FN9O15S3. The molecule has 28 heteroatoms. The number of amides is 4. The molecule has 5 aromatic rings. The lowest BCUT2D eigenvalue weighted by molar-refractivity contribution is -0.138. The van der Waals surface area contributed by atoms with E-state index in [-0.39, 0.29) is 142 Å². The van der Waals surface area contributed by atoms with Crippen LogP contribution in [0.5, 0.6) is 17.2 Å². The summed E-state index contributed by atoms with van der Waals surface area (Å²) in [5, 5.41) is 59.4. The van der Waals surface area contributed by atoms with Gasteiger partial charge in [-0.05, 0) is 49.2 Å². The van der Waals surface area contributed by atoms with Crippen LogP contribution in [0.4, 0.5) is 15.1 Å². The standard InChI is InChI=1S/C60H76FN9O15S3/c1-34(2)51-43(52(38-11-13-39(61)14-12-38)67-58(66-51)69(9)88(10,81)82)17-15-40(71)29-41(72)30-48(74)63-21-20-62-47(73)19-25-83-27-28-84-26-24-70(23-22-68(8)49(75)32-60(6,7)50-37(5)53(76)35(3)36(4)54(50)77)59(80)85-42-16-18-44-46(31-42)87-56(64-44)55-65-45(33-86-55)57(78)79/h11-18,31,34,40-41,45,71-72,76-77H,4-5,19-30,32-33H2,1-3,6-10H3,(H,62,73)(H,63,74)(H,78,79)/t40-,41-,45?/m1/s1. The van der Waals surface area contributed by atoms with Gasteiger partial charge in [0.05, 0.1) is 72.9 Å².